The molecule has 2 N–H and O–H groups in total. The van der Waals surface area contributed by atoms with E-state index < -0.39 is 17.8 Å². The van der Waals surface area contributed by atoms with Crippen molar-refractivity contribution < 1.29 is 23.9 Å². The molecule has 1 aromatic rings. The van der Waals surface area contributed by atoms with Crippen LogP contribution in [0, 0.1) is 12.3 Å². The molecule has 0 unspecified atom stereocenters. The van der Waals surface area contributed by atoms with Gasteiger partial charge in [-0.25, -0.2) is 4.79 Å². The van der Waals surface area contributed by atoms with Gasteiger partial charge in [-0.1, -0.05) is 12.0 Å². The summed E-state index contributed by atoms with van der Waals surface area (Å²) in [6, 6.07) is 2.52. The Morgan fingerprint density at radius 3 is 2.46 bits per heavy atom. The van der Waals surface area contributed by atoms with E-state index in [1.807, 2.05) is 17.6 Å². The third-order valence-corrected chi connectivity index (χ3v) is 3.37. The van der Waals surface area contributed by atoms with Crippen molar-refractivity contribution in [2.45, 2.75) is 13.3 Å². The Hall–Kier alpha value is -3.53. The molecule has 1 saturated heterocycles. The maximum Gasteiger partial charge on any atom is 0.328 e. The van der Waals surface area contributed by atoms with Crippen molar-refractivity contribution in [2.24, 2.45) is 0 Å². The molecule has 7 heteroatoms. The van der Waals surface area contributed by atoms with Crippen LogP contribution in [0.2, 0.25) is 0 Å². The van der Waals surface area contributed by atoms with Crippen molar-refractivity contribution >= 4 is 23.9 Å². The molecule has 0 saturated carbocycles. The number of carbonyl (C=O) groups is 3. The van der Waals surface area contributed by atoms with E-state index in [4.69, 9.17) is 15.9 Å². The highest BCUT2D eigenvalue weighted by molar-refractivity contribution is 6.31. The molecule has 1 heterocycles. The highest BCUT2D eigenvalue weighted by Gasteiger charge is 2.28. The van der Waals surface area contributed by atoms with Crippen LogP contribution >= 0.6 is 0 Å². The number of hydrogen-bond acceptors (Lipinski definition) is 5. The molecular weight excluding hydrogens is 336 g/mol. The van der Waals surface area contributed by atoms with Crippen LogP contribution < -0.4 is 20.1 Å². The summed E-state index contributed by atoms with van der Waals surface area (Å²) in [4.78, 5) is 34.9. The first-order chi connectivity index (χ1) is 12.5. The summed E-state index contributed by atoms with van der Waals surface area (Å²) < 4.78 is 11.2. The molecule has 0 aliphatic carbocycles. The molecular formula is C19H18N2O5. The monoisotopic (exact) mass is 354 g/mol. The zero-order chi connectivity index (χ0) is 19.1. The molecule has 0 bridgehead atoms. The van der Waals surface area contributed by atoms with Gasteiger partial charge in [-0.3, -0.25) is 20.2 Å². The van der Waals surface area contributed by atoms with Crippen LogP contribution in [0.5, 0.6) is 11.5 Å². The average molecular weight is 354 g/mol. The van der Waals surface area contributed by atoms with Gasteiger partial charge in [0.1, 0.15) is 12.2 Å². The number of carbonyl (C=O) groups excluding carboxylic acids is 3. The number of barbiturate groups is 1. The SMILES string of the molecule is C#CCOc1c(CC=C)cc(C=C2C(=O)NC(=O)NC2=O)cc1OCC. The molecule has 1 aromatic carbocycles. The van der Waals surface area contributed by atoms with Crippen LogP contribution in [0.1, 0.15) is 18.1 Å². The van der Waals surface area contributed by atoms with E-state index in [9.17, 15) is 14.4 Å². The third-order valence-electron chi connectivity index (χ3n) is 3.37. The Morgan fingerprint density at radius 1 is 1.19 bits per heavy atom. The number of rotatable bonds is 7. The van der Waals surface area contributed by atoms with Crippen LogP contribution in [0.15, 0.2) is 30.4 Å². The van der Waals surface area contributed by atoms with E-state index in [2.05, 4.69) is 12.5 Å². The minimum absolute atomic E-state index is 0.0670. The number of benzene rings is 1. The van der Waals surface area contributed by atoms with Crippen LogP contribution in [-0.2, 0) is 16.0 Å². The van der Waals surface area contributed by atoms with Gasteiger partial charge in [0.05, 0.1) is 6.61 Å². The number of imide groups is 2. The van der Waals surface area contributed by atoms with E-state index >= 15 is 0 Å². The van der Waals surface area contributed by atoms with Crippen molar-refractivity contribution in [2.75, 3.05) is 13.2 Å². The fourth-order valence-corrected chi connectivity index (χ4v) is 2.39. The maximum absolute atomic E-state index is 11.9. The van der Waals surface area contributed by atoms with Gasteiger partial charge in [0.15, 0.2) is 11.5 Å². The van der Waals surface area contributed by atoms with Gasteiger partial charge < -0.3 is 9.47 Å². The van der Waals surface area contributed by atoms with Gasteiger partial charge in [-0.2, -0.15) is 0 Å². The van der Waals surface area contributed by atoms with Crippen LogP contribution in [0.3, 0.4) is 0 Å². The lowest BCUT2D eigenvalue weighted by Gasteiger charge is -2.17. The van der Waals surface area contributed by atoms with Crippen molar-refractivity contribution in [3.05, 3.63) is 41.5 Å². The van der Waals surface area contributed by atoms with Gasteiger partial charge >= 0.3 is 6.03 Å². The summed E-state index contributed by atoms with van der Waals surface area (Å²) in [5, 5.41) is 4.05. The lowest BCUT2D eigenvalue weighted by molar-refractivity contribution is -0.123. The third kappa shape index (κ3) is 4.30. The Morgan fingerprint density at radius 2 is 1.88 bits per heavy atom. The van der Waals surface area contributed by atoms with Crippen LogP contribution in [0.25, 0.3) is 6.08 Å². The number of terminal acetylenes is 1. The molecule has 0 spiro atoms. The molecule has 0 aromatic heterocycles. The smallest absolute Gasteiger partial charge is 0.328 e. The molecule has 1 fully saturated rings. The maximum atomic E-state index is 11.9. The Bertz CT molecular complexity index is 811. The molecule has 134 valence electrons. The fraction of sp³-hybridized carbons (Fsp3) is 0.211. The van der Waals surface area contributed by atoms with Gasteiger partial charge in [0, 0.05) is 5.56 Å². The van der Waals surface area contributed by atoms with E-state index in [1.165, 1.54) is 6.08 Å². The van der Waals surface area contributed by atoms with E-state index in [0.717, 1.165) is 5.56 Å². The van der Waals surface area contributed by atoms with Gasteiger partial charge in [0.25, 0.3) is 11.8 Å². The molecule has 0 radical (unpaired) electrons. The zero-order valence-electron chi connectivity index (χ0n) is 14.3. The molecule has 1 aliphatic rings. The average Bonchev–Trinajstić information content (AvgIpc) is 2.58. The second-order valence-electron chi connectivity index (χ2n) is 5.22. The lowest BCUT2D eigenvalue weighted by Crippen LogP contribution is -2.51. The van der Waals surface area contributed by atoms with Gasteiger partial charge in [-0.15, -0.1) is 13.0 Å². The summed E-state index contributed by atoms with van der Waals surface area (Å²) in [6.07, 6.45) is 8.78. The summed E-state index contributed by atoms with van der Waals surface area (Å²) in [7, 11) is 0. The fourth-order valence-electron chi connectivity index (χ4n) is 2.39. The molecule has 1 aliphatic heterocycles. The van der Waals surface area contributed by atoms with Gasteiger partial charge in [-0.05, 0) is 37.1 Å². The largest absolute Gasteiger partial charge is 0.490 e. The van der Waals surface area contributed by atoms with Crippen molar-refractivity contribution in [1.82, 2.24) is 10.6 Å². The first-order valence-electron chi connectivity index (χ1n) is 7.85. The summed E-state index contributed by atoms with van der Waals surface area (Å²) >= 11 is 0. The summed E-state index contributed by atoms with van der Waals surface area (Å²) in [5.74, 6) is 1.78. The number of amides is 4. The van der Waals surface area contributed by atoms with Crippen molar-refractivity contribution in [1.29, 1.82) is 0 Å². The van der Waals surface area contributed by atoms with E-state index in [0.29, 0.717) is 30.1 Å². The number of allylic oxidation sites excluding steroid dienone is 1. The topological polar surface area (TPSA) is 93.7 Å². The minimum atomic E-state index is -0.850. The Labute approximate surface area is 151 Å². The molecule has 26 heavy (non-hydrogen) atoms. The zero-order valence-corrected chi connectivity index (χ0v) is 14.3. The van der Waals surface area contributed by atoms with Crippen LogP contribution in [0.4, 0.5) is 4.79 Å². The first-order valence-corrected chi connectivity index (χ1v) is 7.85. The van der Waals surface area contributed by atoms with Crippen molar-refractivity contribution in [3.8, 4) is 23.8 Å². The molecule has 2 rings (SSSR count). The second-order valence-corrected chi connectivity index (χ2v) is 5.22. The minimum Gasteiger partial charge on any atom is -0.490 e. The Balaban J connectivity index is 2.51. The number of urea groups is 1. The summed E-state index contributed by atoms with van der Waals surface area (Å²) in [5.41, 5.74) is 1.09. The van der Waals surface area contributed by atoms with Gasteiger partial charge in [0.2, 0.25) is 0 Å². The van der Waals surface area contributed by atoms with Crippen LogP contribution in [-0.4, -0.2) is 31.1 Å². The predicted octanol–water partition coefficient (Wildman–Crippen LogP) is 1.58. The van der Waals surface area contributed by atoms with E-state index in [-0.39, 0.29) is 12.2 Å². The number of ether oxygens (including phenoxy) is 2. The predicted molar refractivity (Wildman–Crippen MR) is 95.5 cm³/mol. The Kier molecular flexibility index (Phi) is 6.17. The van der Waals surface area contributed by atoms with Crippen molar-refractivity contribution in [3.63, 3.8) is 0 Å². The normalized spacial score (nSPS) is 13.4. The highest BCUT2D eigenvalue weighted by atomic mass is 16.5. The number of hydrogen-bond donors (Lipinski definition) is 2. The summed E-state index contributed by atoms with van der Waals surface area (Å²) in [6.45, 7) is 5.98. The first kappa shape index (κ1) is 18.8. The quantitative estimate of drug-likeness (QED) is 0.336. The lowest BCUT2D eigenvalue weighted by atomic mass is 10.0. The number of nitrogens with one attached hydrogen (secondary N) is 2. The van der Waals surface area contributed by atoms with E-state index in [1.54, 1.807) is 18.2 Å². The second kappa shape index (κ2) is 8.53. The molecule has 7 nitrogen and oxygen atoms in total. The molecule has 0 atom stereocenters. The standard InChI is InChI=1S/C19H18N2O5/c1-4-7-13-9-12(10-14-17(22)20-19(24)21-18(14)23)11-15(25-6-3)16(13)26-8-5-2/h2,4,9-11H,1,6-8H2,3H3,(H2,20,21,22,23,24). The molecule has 4 amide bonds. The highest BCUT2D eigenvalue weighted by Crippen LogP contribution is 2.34.